The Morgan fingerprint density at radius 3 is 2.37 bits per heavy atom. The van der Waals surface area contributed by atoms with Gasteiger partial charge in [-0.25, -0.2) is 0 Å². The Bertz CT molecular complexity index is 1750. The monoisotopic (exact) mass is 558 g/mol. The largest absolute Gasteiger partial charge is 0.489 e. The Balaban J connectivity index is 1.26. The normalized spacial score (nSPS) is 11.1. The van der Waals surface area contributed by atoms with Crippen LogP contribution in [-0.2, 0) is 18.0 Å². The number of nitriles is 1. The summed E-state index contributed by atoms with van der Waals surface area (Å²) >= 11 is 5.93. The molecule has 0 aliphatic carbocycles. The molecule has 6 heteroatoms. The number of anilines is 1. The summed E-state index contributed by atoms with van der Waals surface area (Å²) in [6.45, 7) is 2.82. The second-order valence-corrected chi connectivity index (χ2v) is 9.91. The summed E-state index contributed by atoms with van der Waals surface area (Å²) in [7, 11) is 0. The molecule has 0 fully saturated rings. The van der Waals surface area contributed by atoms with Crippen LogP contribution in [0.25, 0.3) is 16.8 Å². The number of aryl methyl sites for hydroxylation is 1. The summed E-state index contributed by atoms with van der Waals surface area (Å²) in [6, 6.07) is 36.2. The molecule has 5 rings (SSSR count). The zero-order valence-corrected chi connectivity index (χ0v) is 23.2. The molecule has 0 unspecified atom stereocenters. The van der Waals surface area contributed by atoms with E-state index in [2.05, 4.69) is 36.5 Å². The molecule has 0 aromatic heterocycles. The van der Waals surface area contributed by atoms with Crippen LogP contribution >= 0.6 is 11.6 Å². The van der Waals surface area contributed by atoms with Crippen molar-refractivity contribution in [1.82, 2.24) is 0 Å². The second kappa shape index (κ2) is 12.9. The number of hydrogen-bond donors (Lipinski definition) is 1. The van der Waals surface area contributed by atoms with E-state index in [1.807, 2.05) is 66.7 Å². The van der Waals surface area contributed by atoms with Crippen LogP contribution in [0.5, 0.6) is 11.5 Å². The number of amides is 1. The van der Waals surface area contributed by atoms with E-state index in [4.69, 9.17) is 21.1 Å². The van der Waals surface area contributed by atoms with Gasteiger partial charge in [-0.15, -0.1) is 0 Å². The van der Waals surface area contributed by atoms with E-state index in [1.54, 1.807) is 30.3 Å². The number of carbonyl (C=O) groups is 1. The van der Waals surface area contributed by atoms with Crippen molar-refractivity contribution in [2.45, 2.75) is 20.1 Å². The molecule has 0 spiro atoms. The Morgan fingerprint density at radius 1 is 0.854 bits per heavy atom. The molecule has 202 valence electrons. The van der Waals surface area contributed by atoms with Gasteiger partial charge in [-0.2, -0.15) is 5.26 Å². The van der Waals surface area contributed by atoms with E-state index in [-0.39, 0.29) is 5.57 Å². The predicted molar refractivity (Wildman–Crippen MR) is 164 cm³/mol. The van der Waals surface area contributed by atoms with Crippen molar-refractivity contribution < 1.29 is 14.3 Å². The smallest absolute Gasteiger partial charge is 0.266 e. The fourth-order valence-corrected chi connectivity index (χ4v) is 4.53. The molecule has 5 aromatic carbocycles. The van der Waals surface area contributed by atoms with Gasteiger partial charge < -0.3 is 14.8 Å². The highest BCUT2D eigenvalue weighted by Crippen LogP contribution is 2.27. The summed E-state index contributed by atoms with van der Waals surface area (Å²) in [5, 5.41) is 15.5. The first-order valence-electron chi connectivity index (χ1n) is 13.1. The molecule has 0 atom stereocenters. The van der Waals surface area contributed by atoms with Gasteiger partial charge in [0.1, 0.15) is 36.4 Å². The van der Waals surface area contributed by atoms with Gasteiger partial charge in [0.05, 0.1) is 0 Å². The van der Waals surface area contributed by atoms with Gasteiger partial charge in [0.25, 0.3) is 5.91 Å². The molecule has 0 saturated heterocycles. The molecule has 0 radical (unpaired) electrons. The van der Waals surface area contributed by atoms with E-state index in [9.17, 15) is 10.1 Å². The number of para-hydroxylation sites is 1. The van der Waals surface area contributed by atoms with Crippen LogP contribution in [0, 0.1) is 18.3 Å². The van der Waals surface area contributed by atoms with Crippen LogP contribution in [0.4, 0.5) is 5.69 Å². The van der Waals surface area contributed by atoms with Crippen molar-refractivity contribution in [3.63, 3.8) is 0 Å². The summed E-state index contributed by atoms with van der Waals surface area (Å²) in [4.78, 5) is 13.0. The van der Waals surface area contributed by atoms with Gasteiger partial charge in [0.2, 0.25) is 0 Å². The van der Waals surface area contributed by atoms with Crippen molar-refractivity contribution in [3.05, 3.63) is 142 Å². The zero-order chi connectivity index (χ0) is 28.6. The highest BCUT2D eigenvalue weighted by atomic mass is 35.5. The lowest BCUT2D eigenvalue weighted by Crippen LogP contribution is -2.13. The Hall–Kier alpha value is -5.05. The van der Waals surface area contributed by atoms with Crippen LogP contribution in [0.15, 0.2) is 115 Å². The zero-order valence-electron chi connectivity index (χ0n) is 22.4. The first kappa shape index (κ1) is 27.5. The molecule has 41 heavy (non-hydrogen) atoms. The SMILES string of the molecule is Cc1ccc2ccccc2c1COc1ccccc1/C=C(\C#N)C(=O)Nc1ccc(OCc2ccc(Cl)cc2)cc1. The van der Waals surface area contributed by atoms with Crippen molar-refractivity contribution >= 4 is 40.0 Å². The lowest BCUT2D eigenvalue weighted by Gasteiger charge is -2.14. The van der Waals surface area contributed by atoms with E-state index in [0.29, 0.717) is 41.0 Å². The number of ether oxygens (including phenoxy) is 2. The van der Waals surface area contributed by atoms with Gasteiger partial charge in [-0.1, -0.05) is 78.3 Å². The van der Waals surface area contributed by atoms with Gasteiger partial charge >= 0.3 is 0 Å². The minimum Gasteiger partial charge on any atom is -0.489 e. The highest BCUT2D eigenvalue weighted by Gasteiger charge is 2.13. The van der Waals surface area contributed by atoms with Gasteiger partial charge in [0, 0.05) is 21.8 Å². The van der Waals surface area contributed by atoms with Gasteiger partial charge in [-0.05, 0) is 77.4 Å². The summed E-state index contributed by atoms with van der Waals surface area (Å²) in [6.07, 6.45) is 1.55. The molecule has 0 aliphatic rings. The molecule has 5 aromatic rings. The van der Waals surface area contributed by atoms with E-state index in [1.165, 1.54) is 0 Å². The third kappa shape index (κ3) is 6.94. The Kier molecular flexibility index (Phi) is 8.64. The number of nitrogens with one attached hydrogen (secondary N) is 1. The molecular formula is C35H27ClN2O3. The lowest BCUT2D eigenvalue weighted by molar-refractivity contribution is -0.112. The van der Waals surface area contributed by atoms with Gasteiger partial charge in [-0.3, -0.25) is 4.79 Å². The molecule has 1 amide bonds. The molecular weight excluding hydrogens is 532 g/mol. The number of fused-ring (bicyclic) bond motifs is 1. The maximum absolute atomic E-state index is 13.0. The lowest BCUT2D eigenvalue weighted by atomic mass is 10.0. The molecule has 1 N–H and O–H groups in total. The van der Waals surface area contributed by atoms with Crippen LogP contribution < -0.4 is 14.8 Å². The standard InChI is InChI=1S/C35H27ClN2O3/c1-24-10-13-26-6-2-4-8-32(26)33(24)23-41-34-9-5-3-7-27(34)20-28(21-37)35(39)38-30-16-18-31(19-17-30)40-22-25-11-14-29(36)15-12-25/h2-20H,22-23H2,1H3,(H,38,39)/b28-20+. The number of rotatable bonds is 9. The maximum Gasteiger partial charge on any atom is 0.266 e. The number of benzene rings is 5. The minimum absolute atomic E-state index is 0.0366. The summed E-state index contributed by atoms with van der Waals surface area (Å²) in [5.74, 6) is 0.728. The second-order valence-electron chi connectivity index (χ2n) is 9.47. The molecule has 0 aliphatic heterocycles. The number of halogens is 1. The first-order valence-corrected chi connectivity index (χ1v) is 13.5. The van der Waals surface area contributed by atoms with Crippen molar-refractivity contribution in [2.24, 2.45) is 0 Å². The van der Waals surface area contributed by atoms with Crippen molar-refractivity contribution in [1.29, 1.82) is 5.26 Å². The van der Waals surface area contributed by atoms with E-state index < -0.39 is 5.91 Å². The Morgan fingerprint density at radius 2 is 1.59 bits per heavy atom. The quantitative estimate of drug-likeness (QED) is 0.145. The van der Waals surface area contributed by atoms with Crippen LogP contribution in [-0.4, -0.2) is 5.91 Å². The molecule has 0 heterocycles. The number of carbonyl (C=O) groups excluding carboxylic acids is 1. The van der Waals surface area contributed by atoms with Crippen LogP contribution in [0.3, 0.4) is 0 Å². The van der Waals surface area contributed by atoms with E-state index >= 15 is 0 Å². The molecule has 0 saturated carbocycles. The summed E-state index contributed by atoms with van der Waals surface area (Å²) in [5.41, 5.74) is 4.38. The average molecular weight is 559 g/mol. The third-order valence-electron chi connectivity index (χ3n) is 6.66. The predicted octanol–water partition coefficient (Wildman–Crippen LogP) is 8.51. The molecule has 5 nitrogen and oxygen atoms in total. The van der Waals surface area contributed by atoms with E-state index in [0.717, 1.165) is 27.5 Å². The first-order chi connectivity index (χ1) is 20.0. The minimum atomic E-state index is -0.512. The summed E-state index contributed by atoms with van der Waals surface area (Å²) < 4.78 is 12.0. The van der Waals surface area contributed by atoms with Crippen LogP contribution in [0.1, 0.15) is 22.3 Å². The van der Waals surface area contributed by atoms with Crippen LogP contribution in [0.2, 0.25) is 5.02 Å². The highest BCUT2D eigenvalue weighted by molar-refractivity contribution is 6.30. The van der Waals surface area contributed by atoms with Gasteiger partial charge in [0.15, 0.2) is 0 Å². The maximum atomic E-state index is 13.0. The topological polar surface area (TPSA) is 71.3 Å². The van der Waals surface area contributed by atoms with Crippen molar-refractivity contribution in [2.75, 3.05) is 5.32 Å². The average Bonchev–Trinajstić information content (AvgIpc) is 3.00. The number of nitrogens with zero attached hydrogens (tertiary/aromatic N) is 1. The Labute approximate surface area is 244 Å². The number of hydrogen-bond acceptors (Lipinski definition) is 4. The third-order valence-corrected chi connectivity index (χ3v) is 6.91. The fourth-order valence-electron chi connectivity index (χ4n) is 4.40. The molecule has 0 bridgehead atoms. The van der Waals surface area contributed by atoms with Crippen molar-refractivity contribution in [3.8, 4) is 17.6 Å². The fraction of sp³-hybridized carbons (Fsp3) is 0.0857.